The fourth-order valence-electron chi connectivity index (χ4n) is 2.02. The van der Waals surface area contributed by atoms with E-state index in [4.69, 9.17) is 10.1 Å². The van der Waals surface area contributed by atoms with Crippen LogP contribution < -0.4 is 0 Å². The van der Waals surface area contributed by atoms with Gasteiger partial charge in [0.1, 0.15) is 0 Å². The molecule has 0 aromatic rings. The van der Waals surface area contributed by atoms with Crippen LogP contribution in [0, 0.1) is 17.2 Å². The average Bonchev–Trinajstić information content (AvgIpc) is 2.17. The van der Waals surface area contributed by atoms with Gasteiger partial charge in [-0.3, -0.25) is 5.41 Å². The minimum atomic E-state index is 0.344. The molecule has 1 aliphatic rings. The molecule has 0 aromatic heterocycles. The van der Waals surface area contributed by atoms with Crippen LogP contribution in [0.3, 0.4) is 0 Å². The third-order valence-electron chi connectivity index (χ3n) is 2.81. The van der Waals surface area contributed by atoms with E-state index in [1.54, 1.807) is 7.11 Å². The van der Waals surface area contributed by atoms with E-state index in [0.29, 0.717) is 11.8 Å². The van der Waals surface area contributed by atoms with Crippen molar-refractivity contribution in [2.45, 2.75) is 26.7 Å². The normalized spacial score (nSPS) is 22.9. The first-order chi connectivity index (χ1) is 6.65. The van der Waals surface area contributed by atoms with Gasteiger partial charge in [-0.2, -0.15) is 0 Å². The number of amidine groups is 1. The zero-order valence-electron chi connectivity index (χ0n) is 9.55. The van der Waals surface area contributed by atoms with Crippen molar-refractivity contribution in [3.05, 3.63) is 0 Å². The van der Waals surface area contributed by atoms with Crippen molar-refractivity contribution in [1.82, 2.24) is 4.90 Å². The number of piperidine rings is 1. The molecule has 0 radical (unpaired) electrons. The molecule has 0 aromatic carbocycles. The highest BCUT2D eigenvalue weighted by atomic mass is 16.5. The summed E-state index contributed by atoms with van der Waals surface area (Å²) in [6, 6.07) is 0. The van der Waals surface area contributed by atoms with Gasteiger partial charge in [0, 0.05) is 26.1 Å². The minimum absolute atomic E-state index is 0.344. The largest absolute Gasteiger partial charge is 0.384 e. The average molecular weight is 198 g/mol. The second-order valence-corrected chi connectivity index (χ2v) is 4.45. The third kappa shape index (κ3) is 2.98. The first-order valence-corrected chi connectivity index (χ1v) is 5.47. The molecule has 1 aliphatic heterocycles. The predicted molar refractivity (Wildman–Crippen MR) is 58.7 cm³/mol. The van der Waals surface area contributed by atoms with E-state index in [0.717, 1.165) is 25.5 Å². The summed E-state index contributed by atoms with van der Waals surface area (Å²) in [7, 11) is 1.76. The fourth-order valence-corrected chi connectivity index (χ4v) is 2.02. The molecule has 3 heteroatoms. The van der Waals surface area contributed by atoms with Crippen LogP contribution in [0.25, 0.3) is 0 Å². The monoisotopic (exact) mass is 198 g/mol. The van der Waals surface area contributed by atoms with Crippen LogP contribution in [0.5, 0.6) is 0 Å². The molecule has 1 atom stereocenters. The van der Waals surface area contributed by atoms with E-state index < -0.39 is 0 Å². The maximum absolute atomic E-state index is 7.95. The molecule has 1 unspecified atom stereocenters. The number of rotatable bonds is 3. The molecule has 3 nitrogen and oxygen atoms in total. The number of ether oxygens (including phenoxy) is 1. The highest BCUT2D eigenvalue weighted by molar-refractivity contribution is 5.81. The van der Waals surface area contributed by atoms with Crippen molar-refractivity contribution in [2.75, 3.05) is 26.8 Å². The summed E-state index contributed by atoms with van der Waals surface area (Å²) in [5.41, 5.74) is 0. The number of nitrogens with one attached hydrogen (secondary N) is 1. The summed E-state index contributed by atoms with van der Waals surface area (Å²) in [6.45, 7) is 7.06. The summed E-state index contributed by atoms with van der Waals surface area (Å²) in [6.07, 6.45) is 2.44. The van der Waals surface area contributed by atoms with Crippen LogP contribution in [0.1, 0.15) is 26.7 Å². The fraction of sp³-hybridized carbons (Fsp3) is 0.909. The summed E-state index contributed by atoms with van der Waals surface area (Å²) in [4.78, 5) is 2.21. The highest BCUT2D eigenvalue weighted by Gasteiger charge is 2.22. The second kappa shape index (κ2) is 5.35. The quantitative estimate of drug-likeness (QED) is 0.556. The summed E-state index contributed by atoms with van der Waals surface area (Å²) in [5.74, 6) is 1.75. The lowest BCUT2D eigenvalue weighted by Crippen LogP contribution is -2.42. The second-order valence-electron chi connectivity index (χ2n) is 4.45. The number of hydrogen-bond donors (Lipinski definition) is 1. The molecule has 14 heavy (non-hydrogen) atoms. The van der Waals surface area contributed by atoms with Crippen LogP contribution in [0.4, 0.5) is 0 Å². The van der Waals surface area contributed by atoms with E-state index in [-0.39, 0.29) is 0 Å². The molecule has 1 N–H and O–H groups in total. The van der Waals surface area contributed by atoms with Crippen molar-refractivity contribution >= 4 is 5.84 Å². The van der Waals surface area contributed by atoms with E-state index in [2.05, 4.69) is 18.7 Å². The molecular weight excluding hydrogens is 176 g/mol. The molecule has 0 spiro atoms. The number of methoxy groups -OCH3 is 1. The molecule has 82 valence electrons. The Balaban J connectivity index is 2.43. The van der Waals surface area contributed by atoms with Crippen LogP contribution in [0.2, 0.25) is 0 Å². The van der Waals surface area contributed by atoms with Crippen LogP contribution in [0.15, 0.2) is 0 Å². The zero-order chi connectivity index (χ0) is 10.6. The van der Waals surface area contributed by atoms with Crippen LogP contribution >= 0.6 is 0 Å². The van der Waals surface area contributed by atoms with Gasteiger partial charge in [0.2, 0.25) is 0 Å². The molecule has 1 rings (SSSR count). The standard InChI is InChI=1S/C11H22N2O/c1-9(2)11(12)13-6-4-5-10(7-13)8-14-3/h9-10,12H,4-8H2,1-3H3. The Labute approximate surface area is 86.9 Å². The molecule has 0 amide bonds. The number of hydrogen-bond acceptors (Lipinski definition) is 2. The van der Waals surface area contributed by atoms with Gasteiger partial charge in [-0.15, -0.1) is 0 Å². The lowest BCUT2D eigenvalue weighted by atomic mass is 9.97. The topological polar surface area (TPSA) is 36.3 Å². The maximum Gasteiger partial charge on any atom is 0.0983 e. The summed E-state index contributed by atoms with van der Waals surface area (Å²) in [5, 5.41) is 7.95. The van der Waals surface area contributed by atoms with Gasteiger partial charge in [-0.05, 0) is 18.8 Å². The summed E-state index contributed by atoms with van der Waals surface area (Å²) >= 11 is 0. The van der Waals surface area contributed by atoms with Crippen LogP contribution in [-0.2, 0) is 4.74 Å². The molecular formula is C11H22N2O. The molecule has 1 heterocycles. The number of nitrogens with zero attached hydrogens (tertiary/aromatic N) is 1. The Kier molecular flexibility index (Phi) is 4.39. The van der Waals surface area contributed by atoms with Crippen molar-refractivity contribution in [3.8, 4) is 0 Å². The van der Waals surface area contributed by atoms with Gasteiger partial charge in [-0.1, -0.05) is 13.8 Å². The smallest absolute Gasteiger partial charge is 0.0983 e. The van der Waals surface area contributed by atoms with Gasteiger partial charge in [-0.25, -0.2) is 0 Å². The van der Waals surface area contributed by atoms with Gasteiger partial charge in [0.15, 0.2) is 0 Å². The predicted octanol–water partition coefficient (Wildman–Crippen LogP) is 1.98. The Morgan fingerprint density at radius 3 is 2.86 bits per heavy atom. The van der Waals surface area contributed by atoms with Gasteiger partial charge >= 0.3 is 0 Å². The van der Waals surface area contributed by atoms with Crippen molar-refractivity contribution in [1.29, 1.82) is 5.41 Å². The van der Waals surface area contributed by atoms with Crippen molar-refractivity contribution in [2.24, 2.45) is 11.8 Å². The molecule has 0 bridgehead atoms. The molecule has 1 fully saturated rings. The van der Waals surface area contributed by atoms with Crippen molar-refractivity contribution in [3.63, 3.8) is 0 Å². The maximum atomic E-state index is 7.95. The first-order valence-electron chi connectivity index (χ1n) is 5.47. The Morgan fingerprint density at radius 2 is 2.29 bits per heavy atom. The van der Waals surface area contributed by atoms with Crippen LogP contribution in [-0.4, -0.2) is 37.5 Å². The van der Waals surface area contributed by atoms with Gasteiger partial charge < -0.3 is 9.64 Å². The zero-order valence-corrected chi connectivity index (χ0v) is 9.55. The van der Waals surface area contributed by atoms with E-state index in [1.165, 1.54) is 12.8 Å². The molecule has 0 aliphatic carbocycles. The Morgan fingerprint density at radius 1 is 1.57 bits per heavy atom. The number of likely N-dealkylation sites (tertiary alicyclic amines) is 1. The SMILES string of the molecule is COCC1CCCN(C(=N)C(C)C)C1. The lowest BCUT2D eigenvalue weighted by Gasteiger charge is -2.35. The van der Waals surface area contributed by atoms with Gasteiger partial charge in [0.25, 0.3) is 0 Å². The van der Waals surface area contributed by atoms with E-state index in [1.807, 2.05) is 0 Å². The summed E-state index contributed by atoms with van der Waals surface area (Å²) < 4.78 is 5.17. The minimum Gasteiger partial charge on any atom is -0.384 e. The Hall–Kier alpha value is -0.570. The highest BCUT2D eigenvalue weighted by Crippen LogP contribution is 2.18. The molecule has 1 saturated heterocycles. The lowest BCUT2D eigenvalue weighted by molar-refractivity contribution is 0.114. The van der Waals surface area contributed by atoms with E-state index >= 15 is 0 Å². The first kappa shape index (κ1) is 11.5. The van der Waals surface area contributed by atoms with E-state index in [9.17, 15) is 0 Å². The Bertz CT molecular complexity index is 190. The van der Waals surface area contributed by atoms with Gasteiger partial charge in [0.05, 0.1) is 12.4 Å². The van der Waals surface area contributed by atoms with Crippen molar-refractivity contribution < 1.29 is 4.74 Å². The third-order valence-corrected chi connectivity index (χ3v) is 2.81. The molecule has 0 saturated carbocycles.